The van der Waals surface area contributed by atoms with Crippen LogP contribution in [0.2, 0.25) is 0 Å². The molecule has 21 heavy (non-hydrogen) atoms. The van der Waals surface area contributed by atoms with Crippen LogP contribution < -0.4 is 19.8 Å². The van der Waals surface area contributed by atoms with Crippen LogP contribution in [0.3, 0.4) is 0 Å². The van der Waals surface area contributed by atoms with E-state index >= 15 is 0 Å². The number of hydrogen-bond donors (Lipinski definition) is 1. The molecule has 110 valence electrons. The van der Waals surface area contributed by atoms with Gasteiger partial charge >= 0.3 is 0 Å². The third-order valence-corrected chi connectivity index (χ3v) is 2.93. The number of nitrogens with one attached hydrogen (secondary N) is 1. The molecule has 0 fully saturated rings. The summed E-state index contributed by atoms with van der Waals surface area (Å²) in [4.78, 5) is 22.3. The summed E-state index contributed by atoms with van der Waals surface area (Å²) < 4.78 is 15.8. The molecular formula is C14H14N2O5. The fourth-order valence-corrected chi connectivity index (χ4v) is 1.89. The number of H-pyrrole nitrogens is 1. The van der Waals surface area contributed by atoms with Crippen LogP contribution in [-0.2, 0) is 0 Å². The van der Waals surface area contributed by atoms with E-state index in [1.165, 1.54) is 27.4 Å². The summed E-state index contributed by atoms with van der Waals surface area (Å²) in [5, 5.41) is 6.20. The van der Waals surface area contributed by atoms with Crippen LogP contribution in [0.4, 0.5) is 0 Å². The van der Waals surface area contributed by atoms with Crippen LogP contribution in [0.25, 0.3) is 11.3 Å². The minimum atomic E-state index is -0.555. The van der Waals surface area contributed by atoms with Crippen molar-refractivity contribution in [2.24, 2.45) is 0 Å². The van der Waals surface area contributed by atoms with Gasteiger partial charge in [0.1, 0.15) is 17.2 Å². The molecule has 0 amide bonds. The standard InChI is InChI=1S/C14H14N2O5/c1-19-9-5-11(20-2)13(12(6-9)21-3)10-4-8(7-17)14(18)16-15-10/h4-7H,1-3H3,(H,16,18). The van der Waals surface area contributed by atoms with Crippen molar-refractivity contribution in [3.63, 3.8) is 0 Å². The van der Waals surface area contributed by atoms with Crippen molar-refractivity contribution in [2.75, 3.05) is 21.3 Å². The summed E-state index contributed by atoms with van der Waals surface area (Å²) in [6.45, 7) is 0. The summed E-state index contributed by atoms with van der Waals surface area (Å²) in [5.74, 6) is 1.44. The summed E-state index contributed by atoms with van der Waals surface area (Å²) in [7, 11) is 4.50. The first-order chi connectivity index (χ1) is 10.1. The van der Waals surface area contributed by atoms with E-state index in [0.717, 1.165) is 0 Å². The molecule has 2 aromatic rings. The number of aromatic amines is 1. The van der Waals surface area contributed by atoms with Gasteiger partial charge in [0.15, 0.2) is 6.29 Å². The van der Waals surface area contributed by atoms with Crippen molar-refractivity contribution >= 4 is 6.29 Å². The van der Waals surface area contributed by atoms with E-state index in [-0.39, 0.29) is 5.56 Å². The number of aldehydes is 1. The number of carbonyl (C=O) groups excluding carboxylic acids is 1. The minimum Gasteiger partial charge on any atom is -0.496 e. The van der Waals surface area contributed by atoms with Crippen LogP contribution in [0.5, 0.6) is 17.2 Å². The maximum Gasteiger partial charge on any atom is 0.274 e. The van der Waals surface area contributed by atoms with Gasteiger partial charge < -0.3 is 14.2 Å². The lowest BCUT2D eigenvalue weighted by molar-refractivity contribution is 0.112. The lowest BCUT2D eigenvalue weighted by Gasteiger charge is -2.14. The number of carbonyl (C=O) groups is 1. The monoisotopic (exact) mass is 290 g/mol. The second-order valence-corrected chi connectivity index (χ2v) is 4.06. The van der Waals surface area contributed by atoms with Gasteiger partial charge in [0.25, 0.3) is 5.56 Å². The smallest absolute Gasteiger partial charge is 0.274 e. The van der Waals surface area contributed by atoms with E-state index in [4.69, 9.17) is 14.2 Å². The van der Waals surface area contributed by atoms with Gasteiger partial charge in [-0.15, -0.1) is 0 Å². The zero-order valence-corrected chi connectivity index (χ0v) is 11.8. The highest BCUT2D eigenvalue weighted by atomic mass is 16.5. The Morgan fingerprint density at radius 3 is 2.14 bits per heavy atom. The summed E-state index contributed by atoms with van der Waals surface area (Å²) in [6, 6.07) is 4.69. The molecule has 7 nitrogen and oxygen atoms in total. The Kier molecular flexibility index (Phi) is 4.22. The average Bonchev–Trinajstić information content (AvgIpc) is 2.54. The molecule has 0 aliphatic heterocycles. The van der Waals surface area contributed by atoms with E-state index < -0.39 is 5.56 Å². The molecule has 1 N–H and O–H groups in total. The van der Waals surface area contributed by atoms with E-state index in [1.54, 1.807) is 12.1 Å². The lowest BCUT2D eigenvalue weighted by Crippen LogP contribution is -2.14. The van der Waals surface area contributed by atoms with Gasteiger partial charge in [-0.3, -0.25) is 9.59 Å². The summed E-state index contributed by atoms with van der Waals surface area (Å²) in [6.07, 6.45) is 0.465. The van der Waals surface area contributed by atoms with Crippen molar-refractivity contribution in [3.8, 4) is 28.5 Å². The molecule has 7 heteroatoms. The molecule has 1 aromatic heterocycles. The zero-order valence-electron chi connectivity index (χ0n) is 11.8. The molecule has 1 aromatic carbocycles. The molecule has 0 saturated carbocycles. The normalized spacial score (nSPS) is 10.0. The van der Waals surface area contributed by atoms with Gasteiger partial charge in [0, 0.05) is 12.1 Å². The molecule has 2 rings (SSSR count). The van der Waals surface area contributed by atoms with Crippen LogP contribution in [0, 0.1) is 0 Å². The fourth-order valence-electron chi connectivity index (χ4n) is 1.89. The Morgan fingerprint density at radius 2 is 1.67 bits per heavy atom. The number of ether oxygens (including phenoxy) is 3. The maximum absolute atomic E-state index is 11.4. The third-order valence-electron chi connectivity index (χ3n) is 2.93. The van der Waals surface area contributed by atoms with Gasteiger partial charge in [-0.2, -0.15) is 5.10 Å². The van der Waals surface area contributed by atoms with Crippen LogP contribution in [0.15, 0.2) is 23.0 Å². The highest BCUT2D eigenvalue weighted by molar-refractivity contribution is 5.81. The predicted octanol–water partition coefficient (Wildman–Crippen LogP) is 1.28. The summed E-state index contributed by atoms with van der Waals surface area (Å²) in [5.41, 5.74) is 0.285. The van der Waals surface area contributed by atoms with Gasteiger partial charge in [0.05, 0.1) is 38.2 Å². The zero-order chi connectivity index (χ0) is 15.4. The molecule has 0 atom stereocenters. The van der Waals surface area contributed by atoms with Crippen LogP contribution >= 0.6 is 0 Å². The molecule has 0 bridgehead atoms. The largest absolute Gasteiger partial charge is 0.496 e. The van der Waals surface area contributed by atoms with Gasteiger partial charge in [-0.05, 0) is 6.07 Å². The van der Waals surface area contributed by atoms with Crippen molar-refractivity contribution < 1.29 is 19.0 Å². The number of aromatic nitrogens is 2. The van der Waals surface area contributed by atoms with Gasteiger partial charge in [-0.1, -0.05) is 0 Å². The lowest BCUT2D eigenvalue weighted by atomic mass is 10.1. The Bertz CT molecular complexity index is 699. The molecule has 1 heterocycles. The van der Waals surface area contributed by atoms with E-state index in [9.17, 15) is 9.59 Å². The molecule has 0 spiro atoms. The van der Waals surface area contributed by atoms with Crippen molar-refractivity contribution in [1.29, 1.82) is 0 Å². The minimum absolute atomic E-state index is 0.0278. The fraction of sp³-hybridized carbons (Fsp3) is 0.214. The number of nitrogens with zero attached hydrogens (tertiary/aromatic N) is 1. The third kappa shape index (κ3) is 2.71. The predicted molar refractivity (Wildman–Crippen MR) is 75.3 cm³/mol. The first-order valence-electron chi connectivity index (χ1n) is 5.99. The van der Waals surface area contributed by atoms with E-state index in [2.05, 4.69) is 10.2 Å². The first kappa shape index (κ1) is 14.6. The second kappa shape index (κ2) is 6.08. The number of hydrogen-bond acceptors (Lipinski definition) is 6. The Morgan fingerprint density at radius 1 is 1.05 bits per heavy atom. The van der Waals surface area contributed by atoms with Crippen molar-refractivity contribution in [3.05, 3.63) is 34.1 Å². The number of methoxy groups -OCH3 is 3. The maximum atomic E-state index is 11.4. The van der Waals surface area contributed by atoms with Crippen LogP contribution in [-0.4, -0.2) is 37.8 Å². The number of rotatable bonds is 5. The molecule has 0 saturated heterocycles. The highest BCUT2D eigenvalue weighted by Crippen LogP contribution is 2.40. The molecular weight excluding hydrogens is 276 g/mol. The molecule has 0 radical (unpaired) electrons. The molecule has 0 unspecified atom stereocenters. The SMILES string of the molecule is COc1cc(OC)c(-c2cc(C=O)c(=O)[nH]n2)c(OC)c1. The Hall–Kier alpha value is -2.83. The van der Waals surface area contributed by atoms with Crippen molar-refractivity contribution in [1.82, 2.24) is 10.2 Å². The summed E-state index contributed by atoms with van der Waals surface area (Å²) >= 11 is 0. The average molecular weight is 290 g/mol. The molecule has 0 aliphatic carbocycles. The quantitative estimate of drug-likeness (QED) is 0.834. The Labute approximate surface area is 120 Å². The van der Waals surface area contributed by atoms with E-state index in [1.807, 2.05) is 0 Å². The van der Waals surface area contributed by atoms with Crippen molar-refractivity contribution in [2.45, 2.75) is 0 Å². The highest BCUT2D eigenvalue weighted by Gasteiger charge is 2.17. The molecule has 0 aliphatic rings. The van der Waals surface area contributed by atoms with Gasteiger partial charge in [-0.25, -0.2) is 5.10 Å². The topological polar surface area (TPSA) is 90.5 Å². The second-order valence-electron chi connectivity index (χ2n) is 4.06. The number of benzene rings is 1. The van der Waals surface area contributed by atoms with E-state index in [0.29, 0.717) is 34.8 Å². The Balaban J connectivity index is 2.72. The van der Waals surface area contributed by atoms with Gasteiger partial charge in [0.2, 0.25) is 0 Å². The van der Waals surface area contributed by atoms with Crippen LogP contribution in [0.1, 0.15) is 10.4 Å². The first-order valence-corrected chi connectivity index (χ1v) is 5.99.